The first-order valence-corrected chi connectivity index (χ1v) is 5.50. The first kappa shape index (κ1) is 9.15. The lowest BCUT2D eigenvalue weighted by atomic mass is 9.87. The SMILES string of the molecule is NC1=NC(=O)N(C2CC2)C12CCOCC2. The van der Waals surface area contributed by atoms with E-state index in [1.165, 1.54) is 0 Å². The molecule has 0 atom stereocenters. The van der Waals surface area contributed by atoms with Crippen molar-refractivity contribution < 1.29 is 9.53 Å². The summed E-state index contributed by atoms with van der Waals surface area (Å²) in [5, 5.41) is 0. The van der Waals surface area contributed by atoms with Gasteiger partial charge in [-0.25, -0.2) is 4.79 Å². The van der Waals surface area contributed by atoms with E-state index in [0.29, 0.717) is 25.1 Å². The van der Waals surface area contributed by atoms with Gasteiger partial charge in [-0.15, -0.1) is 0 Å². The van der Waals surface area contributed by atoms with E-state index in [-0.39, 0.29) is 11.6 Å². The average molecular weight is 209 g/mol. The Bertz CT molecular complexity index is 330. The van der Waals surface area contributed by atoms with E-state index >= 15 is 0 Å². The zero-order valence-electron chi connectivity index (χ0n) is 8.61. The van der Waals surface area contributed by atoms with Crippen LogP contribution in [-0.2, 0) is 4.74 Å². The predicted molar refractivity (Wildman–Crippen MR) is 54.7 cm³/mol. The molecule has 3 aliphatic rings. The van der Waals surface area contributed by atoms with Crippen LogP contribution in [-0.4, -0.2) is 41.6 Å². The van der Waals surface area contributed by atoms with Crippen LogP contribution in [0.25, 0.3) is 0 Å². The molecule has 0 aromatic rings. The molecule has 1 saturated heterocycles. The lowest BCUT2D eigenvalue weighted by Gasteiger charge is -2.40. The molecule has 5 heteroatoms. The number of carbonyl (C=O) groups excluding carboxylic acids is 1. The normalized spacial score (nSPS) is 29.7. The van der Waals surface area contributed by atoms with Crippen LogP contribution in [0.4, 0.5) is 4.79 Å². The second-order valence-electron chi connectivity index (χ2n) is 4.52. The summed E-state index contributed by atoms with van der Waals surface area (Å²) >= 11 is 0. The second kappa shape index (κ2) is 2.95. The van der Waals surface area contributed by atoms with Crippen molar-refractivity contribution in [3.05, 3.63) is 0 Å². The zero-order valence-corrected chi connectivity index (χ0v) is 8.61. The van der Waals surface area contributed by atoms with Gasteiger partial charge in [-0.3, -0.25) is 0 Å². The van der Waals surface area contributed by atoms with Crippen molar-refractivity contribution in [2.75, 3.05) is 13.2 Å². The topological polar surface area (TPSA) is 67.9 Å². The highest BCUT2D eigenvalue weighted by atomic mass is 16.5. The Morgan fingerprint density at radius 1 is 1.40 bits per heavy atom. The first-order valence-electron chi connectivity index (χ1n) is 5.50. The van der Waals surface area contributed by atoms with Gasteiger partial charge >= 0.3 is 6.03 Å². The molecule has 1 aliphatic carbocycles. The fourth-order valence-corrected chi connectivity index (χ4v) is 2.61. The Morgan fingerprint density at radius 3 is 2.67 bits per heavy atom. The summed E-state index contributed by atoms with van der Waals surface area (Å²) in [5.74, 6) is 0.503. The highest BCUT2D eigenvalue weighted by Gasteiger charge is 2.54. The number of hydrogen-bond donors (Lipinski definition) is 1. The van der Waals surface area contributed by atoms with Gasteiger partial charge in [0.15, 0.2) is 0 Å². The molecule has 0 unspecified atom stereocenters. The van der Waals surface area contributed by atoms with Crippen molar-refractivity contribution in [3.63, 3.8) is 0 Å². The summed E-state index contributed by atoms with van der Waals surface area (Å²) in [5.41, 5.74) is 5.61. The summed E-state index contributed by atoms with van der Waals surface area (Å²) in [6, 6.07) is 0.234. The molecule has 1 spiro atoms. The number of carbonyl (C=O) groups is 1. The third kappa shape index (κ3) is 1.19. The molecule has 0 aromatic heterocycles. The maximum atomic E-state index is 11.8. The minimum absolute atomic E-state index is 0.142. The minimum Gasteiger partial charge on any atom is -0.385 e. The number of amidine groups is 1. The number of aliphatic imine (C=N–C) groups is 1. The van der Waals surface area contributed by atoms with E-state index in [9.17, 15) is 4.79 Å². The van der Waals surface area contributed by atoms with Crippen LogP contribution in [0.2, 0.25) is 0 Å². The maximum Gasteiger partial charge on any atom is 0.346 e. The van der Waals surface area contributed by atoms with Crippen molar-refractivity contribution in [2.45, 2.75) is 37.3 Å². The molecule has 1 saturated carbocycles. The van der Waals surface area contributed by atoms with Gasteiger partial charge in [0.05, 0.1) is 0 Å². The molecule has 15 heavy (non-hydrogen) atoms. The smallest absolute Gasteiger partial charge is 0.346 e. The lowest BCUT2D eigenvalue weighted by molar-refractivity contribution is 0.0253. The highest BCUT2D eigenvalue weighted by Crippen LogP contribution is 2.41. The molecule has 2 N–H and O–H groups in total. The molecule has 2 heterocycles. The molecule has 5 nitrogen and oxygen atoms in total. The molecule has 0 aromatic carbocycles. The van der Waals surface area contributed by atoms with Crippen molar-refractivity contribution >= 4 is 11.9 Å². The summed E-state index contributed by atoms with van der Waals surface area (Å²) in [7, 11) is 0. The van der Waals surface area contributed by atoms with Crippen molar-refractivity contribution in [1.82, 2.24) is 4.90 Å². The van der Waals surface area contributed by atoms with E-state index < -0.39 is 0 Å². The van der Waals surface area contributed by atoms with E-state index in [1.807, 2.05) is 4.90 Å². The quantitative estimate of drug-likeness (QED) is 0.683. The second-order valence-corrected chi connectivity index (χ2v) is 4.52. The molecule has 2 amide bonds. The van der Waals surface area contributed by atoms with Crippen molar-refractivity contribution in [1.29, 1.82) is 0 Å². The largest absolute Gasteiger partial charge is 0.385 e. The van der Waals surface area contributed by atoms with Crippen LogP contribution in [0.5, 0.6) is 0 Å². The Balaban J connectivity index is 1.95. The van der Waals surface area contributed by atoms with Crippen LogP contribution < -0.4 is 5.73 Å². The molecule has 2 fully saturated rings. The number of hydrogen-bond acceptors (Lipinski definition) is 3. The third-order valence-corrected chi connectivity index (χ3v) is 3.59. The molecular weight excluding hydrogens is 194 g/mol. The number of nitrogens with zero attached hydrogens (tertiary/aromatic N) is 2. The molecule has 0 bridgehead atoms. The summed E-state index contributed by atoms with van der Waals surface area (Å²) in [6.07, 6.45) is 3.78. The van der Waals surface area contributed by atoms with E-state index in [2.05, 4.69) is 4.99 Å². The van der Waals surface area contributed by atoms with Gasteiger partial charge in [-0.2, -0.15) is 4.99 Å². The Morgan fingerprint density at radius 2 is 2.07 bits per heavy atom. The van der Waals surface area contributed by atoms with Crippen LogP contribution in [0, 0.1) is 0 Å². The monoisotopic (exact) mass is 209 g/mol. The fourth-order valence-electron chi connectivity index (χ4n) is 2.61. The standard InChI is InChI=1S/C10H15N3O2/c11-8-10(3-5-15-6-4-10)13(7-1-2-7)9(14)12-8/h7H,1-6H2,(H2,11,12,14). The highest BCUT2D eigenvalue weighted by molar-refractivity contribution is 6.06. The Kier molecular flexibility index (Phi) is 1.80. The molecule has 3 rings (SSSR count). The van der Waals surface area contributed by atoms with Crippen LogP contribution >= 0.6 is 0 Å². The lowest BCUT2D eigenvalue weighted by Crippen LogP contribution is -2.57. The van der Waals surface area contributed by atoms with Gasteiger partial charge in [0.25, 0.3) is 0 Å². The summed E-state index contributed by atoms with van der Waals surface area (Å²) in [4.78, 5) is 17.6. The zero-order chi connectivity index (χ0) is 10.5. The number of rotatable bonds is 1. The predicted octanol–water partition coefficient (Wildman–Crippen LogP) is 0.491. The van der Waals surface area contributed by atoms with Crippen LogP contribution in [0.3, 0.4) is 0 Å². The molecule has 2 aliphatic heterocycles. The first-order chi connectivity index (χ1) is 7.24. The van der Waals surface area contributed by atoms with E-state index in [4.69, 9.17) is 10.5 Å². The average Bonchev–Trinajstić information content (AvgIpc) is 3.00. The fraction of sp³-hybridized carbons (Fsp3) is 0.800. The maximum absolute atomic E-state index is 11.8. The molecule has 0 radical (unpaired) electrons. The number of amides is 2. The van der Waals surface area contributed by atoms with E-state index in [1.54, 1.807) is 0 Å². The van der Waals surface area contributed by atoms with Gasteiger partial charge in [0.2, 0.25) is 0 Å². The Labute approximate surface area is 88.3 Å². The van der Waals surface area contributed by atoms with Gasteiger partial charge in [-0.05, 0) is 12.8 Å². The van der Waals surface area contributed by atoms with Gasteiger partial charge in [0, 0.05) is 32.1 Å². The van der Waals surface area contributed by atoms with Crippen LogP contribution in [0.1, 0.15) is 25.7 Å². The van der Waals surface area contributed by atoms with Crippen molar-refractivity contribution in [3.8, 4) is 0 Å². The molecule has 82 valence electrons. The van der Waals surface area contributed by atoms with Gasteiger partial charge in [0.1, 0.15) is 11.4 Å². The van der Waals surface area contributed by atoms with Crippen molar-refractivity contribution in [2.24, 2.45) is 10.7 Å². The van der Waals surface area contributed by atoms with E-state index in [0.717, 1.165) is 25.7 Å². The third-order valence-electron chi connectivity index (χ3n) is 3.59. The summed E-state index contributed by atoms with van der Waals surface area (Å²) < 4.78 is 5.34. The summed E-state index contributed by atoms with van der Waals surface area (Å²) in [6.45, 7) is 1.35. The van der Waals surface area contributed by atoms with Gasteiger partial charge < -0.3 is 15.4 Å². The minimum atomic E-state index is -0.309. The number of nitrogens with two attached hydrogens (primary N) is 1. The van der Waals surface area contributed by atoms with Gasteiger partial charge in [-0.1, -0.05) is 0 Å². The molecular formula is C10H15N3O2. The van der Waals surface area contributed by atoms with Crippen LogP contribution in [0.15, 0.2) is 4.99 Å². The Hall–Kier alpha value is -1.10. The number of urea groups is 1. The number of ether oxygens (including phenoxy) is 1.